The lowest BCUT2D eigenvalue weighted by Gasteiger charge is -2.23. The van der Waals surface area contributed by atoms with Crippen molar-refractivity contribution in [1.82, 2.24) is 9.13 Å². The van der Waals surface area contributed by atoms with Crippen LogP contribution < -0.4 is 0 Å². The van der Waals surface area contributed by atoms with Crippen molar-refractivity contribution in [3.8, 4) is 22.5 Å². The first-order valence-electron chi connectivity index (χ1n) is 16.2. The molecule has 8 heteroatoms. The van der Waals surface area contributed by atoms with Crippen LogP contribution in [0.15, 0.2) is 109 Å². The van der Waals surface area contributed by atoms with E-state index in [1.165, 1.54) is 18.2 Å². The Balaban J connectivity index is 1.64. The topological polar surface area (TPSA) is 9.86 Å². The number of aromatic nitrogens is 2. The first-order chi connectivity index (χ1) is 23.7. The zero-order valence-corrected chi connectivity index (χ0v) is 27.6. The highest BCUT2D eigenvalue weighted by atomic mass is 19.4. The molecule has 0 amide bonds. The summed E-state index contributed by atoms with van der Waals surface area (Å²) in [6.07, 6.45) is -9.87. The monoisotopic (exact) mass is 676 g/mol. The minimum absolute atomic E-state index is 0.198. The summed E-state index contributed by atoms with van der Waals surface area (Å²) >= 11 is 0. The van der Waals surface area contributed by atoms with Crippen molar-refractivity contribution in [2.75, 3.05) is 0 Å². The van der Waals surface area contributed by atoms with Crippen LogP contribution >= 0.6 is 0 Å². The van der Waals surface area contributed by atoms with Gasteiger partial charge in [-0.1, -0.05) is 66.7 Å². The molecule has 2 aromatic heterocycles. The first kappa shape index (κ1) is 31.7. The number of fused-ring (bicyclic) bond motifs is 6. The third-order valence-corrected chi connectivity index (χ3v) is 9.58. The van der Waals surface area contributed by atoms with Gasteiger partial charge >= 0.3 is 12.4 Å². The summed E-state index contributed by atoms with van der Waals surface area (Å²) in [5.41, 5.74) is 3.66. The molecular weight excluding hydrogens is 646 g/mol. The van der Waals surface area contributed by atoms with E-state index in [1.54, 1.807) is 0 Å². The lowest BCUT2D eigenvalue weighted by molar-refractivity contribution is -0.139. The number of alkyl halides is 6. The molecule has 0 aliphatic carbocycles. The summed E-state index contributed by atoms with van der Waals surface area (Å²) in [4.78, 5) is 0. The van der Waals surface area contributed by atoms with Gasteiger partial charge in [0.1, 0.15) is 0 Å². The van der Waals surface area contributed by atoms with Crippen LogP contribution in [0.1, 0.15) is 33.4 Å². The molecule has 0 fully saturated rings. The van der Waals surface area contributed by atoms with Crippen molar-refractivity contribution >= 4 is 43.6 Å². The Morgan fingerprint density at radius 3 is 1.12 bits per heavy atom. The van der Waals surface area contributed by atoms with Gasteiger partial charge in [0.15, 0.2) is 0 Å². The molecule has 0 bridgehead atoms. The Bertz CT molecular complexity index is 2550. The standard InChI is InChI=1S/C42H30F6N2/c1-23-9-13-28-29-14-10-24(2)18-36(29)49(35(28)17-23)39-21-32(27-7-5-6-8-33(27)41(43,44)45)34(42(46,47)48)22-40(39)50-37-19-25(3)11-15-30(37)31-16-12-26(4)20-38(31)50/h5-22H,1-4H3. The van der Waals surface area contributed by atoms with Crippen LogP contribution in [-0.2, 0) is 12.4 Å². The van der Waals surface area contributed by atoms with Gasteiger partial charge < -0.3 is 9.13 Å². The second-order valence-electron chi connectivity index (χ2n) is 13.2. The number of halogens is 6. The summed E-state index contributed by atoms with van der Waals surface area (Å²) in [6, 6.07) is 30.4. The number of aryl methyl sites for hydroxylation is 4. The highest BCUT2D eigenvalue weighted by Crippen LogP contribution is 2.47. The van der Waals surface area contributed by atoms with E-state index in [2.05, 4.69) is 0 Å². The Hall–Kier alpha value is -5.50. The third kappa shape index (κ3) is 4.96. The number of hydrogen-bond acceptors (Lipinski definition) is 0. The molecule has 8 rings (SSSR count). The minimum atomic E-state index is -4.99. The minimum Gasteiger partial charge on any atom is -0.307 e. The van der Waals surface area contributed by atoms with Crippen molar-refractivity contribution in [3.05, 3.63) is 143 Å². The van der Waals surface area contributed by atoms with Crippen LogP contribution in [0.2, 0.25) is 0 Å². The molecule has 2 nitrogen and oxygen atoms in total. The van der Waals surface area contributed by atoms with Gasteiger partial charge in [-0.05, 0) is 104 Å². The van der Waals surface area contributed by atoms with Crippen molar-refractivity contribution in [2.45, 2.75) is 40.0 Å². The van der Waals surface area contributed by atoms with Crippen LogP contribution in [0.25, 0.3) is 66.1 Å². The Morgan fingerprint density at radius 1 is 0.380 bits per heavy atom. The maximum absolute atomic E-state index is 15.3. The van der Waals surface area contributed by atoms with Crippen molar-refractivity contribution in [2.24, 2.45) is 0 Å². The lowest BCUT2D eigenvalue weighted by atomic mass is 9.93. The van der Waals surface area contributed by atoms with E-state index in [0.717, 1.165) is 73.0 Å². The fourth-order valence-corrected chi connectivity index (χ4v) is 7.35. The van der Waals surface area contributed by atoms with E-state index in [0.29, 0.717) is 16.7 Å². The average Bonchev–Trinajstić information content (AvgIpc) is 3.53. The van der Waals surface area contributed by atoms with E-state index in [9.17, 15) is 13.2 Å². The molecule has 0 spiro atoms. The zero-order valence-electron chi connectivity index (χ0n) is 27.6. The SMILES string of the molecule is Cc1ccc2c3ccc(C)cc3n(-c3cc(-c4ccccc4C(F)(F)F)c(C(F)(F)F)cc3-n3c4cc(C)ccc4c4ccc(C)cc43)c2c1. The summed E-state index contributed by atoms with van der Waals surface area (Å²) in [7, 11) is 0. The second-order valence-corrected chi connectivity index (χ2v) is 13.2. The Morgan fingerprint density at radius 2 is 0.740 bits per heavy atom. The predicted molar refractivity (Wildman–Crippen MR) is 190 cm³/mol. The van der Waals surface area contributed by atoms with E-state index in [1.807, 2.05) is 110 Å². The molecule has 0 saturated heterocycles. The number of rotatable bonds is 3. The summed E-state index contributed by atoms with van der Waals surface area (Å²) in [5, 5.41) is 3.46. The molecule has 0 saturated carbocycles. The molecule has 0 radical (unpaired) electrons. The number of nitrogens with zero attached hydrogens (tertiary/aromatic N) is 2. The van der Waals surface area contributed by atoms with Gasteiger partial charge in [-0.25, -0.2) is 0 Å². The van der Waals surface area contributed by atoms with Gasteiger partial charge in [-0.15, -0.1) is 0 Å². The third-order valence-electron chi connectivity index (χ3n) is 9.58. The van der Waals surface area contributed by atoms with Gasteiger partial charge in [0.2, 0.25) is 0 Å². The molecule has 250 valence electrons. The molecule has 50 heavy (non-hydrogen) atoms. The molecule has 0 aliphatic rings. The van der Waals surface area contributed by atoms with Crippen molar-refractivity contribution in [1.29, 1.82) is 0 Å². The fraction of sp³-hybridized carbons (Fsp3) is 0.143. The molecule has 2 heterocycles. The normalized spacial score (nSPS) is 12.6. The van der Waals surface area contributed by atoms with E-state index < -0.39 is 34.6 Å². The number of hydrogen-bond donors (Lipinski definition) is 0. The quantitative estimate of drug-likeness (QED) is 0.165. The van der Waals surface area contributed by atoms with Crippen LogP contribution in [0.4, 0.5) is 26.3 Å². The number of benzene rings is 6. The molecular formula is C42H30F6N2. The summed E-state index contributed by atoms with van der Waals surface area (Å²) in [5.74, 6) is 0. The second kappa shape index (κ2) is 11.0. The maximum Gasteiger partial charge on any atom is 0.417 e. The van der Waals surface area contributed by atoms with E-state index in [-0.39, 0.29) is 5.69 Å². The first-order valence-corrected chi connectivity index (χ1v) is 16.2. The molecule has 0 atom stereocenters. The lowest BCUT2D eigenvalue weighted by Crippen LogP contribution is -2.14. The van der Waals surface area contributed by atoms with Gasteiger partial charge in [0.05, 0.1) is 44.6 Å². The van der Waals surface area contributed by atoms with Crippen molar-refractivity contribution < 1.29 is 26.3 Å². The van der Waals surface area contributed by atoms with E-state index in [4.69, 9.17) is 0 Å². The smallest absolute Gasteiger partial charge is 0.307 e. The summed E-state index contributed by atoms with van der Waals surface area (Å²) < 4.78 is 93.2. The largest absolute Gasteiger partial charge is 0.417 e. The van der Waals surface area contributed by atoms with Gasteiger partial charge in [-0.2, -0.15) is 26.3 Å². The van der Waals surface area contributed by atoms with Crippen LogP contribution in [-0.4, -0.2) is 9.13 Å². The Kier molecular flexibility index (Phi) is 6.99. The van der Waals surface area contributed by atoms with Crippen LogP contribution in [0.3, 0.4) is 0 Å². The Labute approximate surface area is 283 Å². The van der Waals surface area contributed by atoms with Crippen molar-refractivity contribution in [3.63, 3.8) is 0 Å². The molecule has 0 unspecified atom stereocenters. The molecule has 0 N–H and O–H groups in total. The summed E-state index contributed by atoms with van der Waals surface area (Å²) in [6.45, 7) is 7.71. The van der Waals surface area contributed by atoms with Crippen LogP contribution in [0, 0.1) is 27.7 Å². The molecule has 8 aromatic rings. The van der Waals surface area contributed by atoms with Gasteiger partial charge in [-0.3, -0.25) is 0 Å². The molecule has 6 aromatic carbocycles. The van der Waals surface area contributed by atoms with Gasteiger partial charge in [0, 0.05) is 21.5 Å². The fourth-order valence-electron chi connectivity index (χ4n) is 7.35. The zero-order chi connectivity index (χ0) is 35.3. The van der Waals surface area contributed by atoms with Crippen LogP contribution in [0.5, 0.6) is 0 Å². The molecule has 0 aliphatic heterocycles. The van der Waals surface area contributed by atoms with Gasteiger partial charge in [0.25, 0.3) is 0 Å². The van der Waals surface area contributed by atoms with E-state index >= 15 is 13.2 Å². The maximum atomic E-state index is 15.3. The highest BCUT2D eigenvalue weighted by molar-refractivity contribution is 6.12. The average molecular weight is 677 g/mol. The highest BCUT2D eigenvalue weighted by Gasteiger charge is 2.39. The predicted octanol–water partition coefficient (Wildman–Crippen LogP) is 12.8.